The SMILES string of the molecule is O=C1CCC(N2C(=O)c3ccc(NCC4CNC5(CCC5)CO4)cc3C2=O)C(=O)N1. The number of nitrogens with zero attached hydrogens (tertiary/aromatic N) is 1. The van der Waals surface area contributed by atoms with Crippen molar-refractivity contribution in [3.63, 3.8) is 0 Å². The van der Waals surface area contributed by atoms with Crippen molar-refractivity contribution in [2.75, 3.05) is 25.0 Å². The number of hydrogen-bond donors (Lipinski definition) is 3. The molecule has 0 radical (unpaired) electrons. The van der Waals surface area contributed by atoms with E-state index >= 15 is 0 Å². The van der Waals surface area contributed by atoms with E-state index < -0.39 is 23.8 Å². The first kappa shape index (κ1) is 19.2. The summed E-state index contributed by atoms with van der Waals surface area (Å²) < 4.78 is 5.98. The summed E-state index contributed by atoms with van der Waals surface area (Å²) in [4.78, 5) is 50.1. The maximum atomic E-state index is 12.9. The van der Waals surface area contributed by atoms with Gasteiger partial charge >= 0.3 is 0 Å². The van der Waals surface area contributed by atoms with E-state index in [-0.39, 0.29) is 41.5 Å². The van der Waals surface area contributed by atoms with Gasteiger partial charge in [0.05, 0.1) is 23.8 Å². The summed E-state index contributed by atoms with van der Waals surface area (Å²) in [5, 5.41) is 9.07. The Kier molecular flexibility index (Phi) is 4.59. The van der Waals surface area contributed by atoms with Gasteiger partial charge < -0.3 is 15.4 Å². The van der Waals surface area contributed by atoms with E-state index in [9.17, 15) is 19.2 Å². The summed E-state index contributed by atoms with van der Waals surface area (Å²) >= 11 is 0. The van der Waals surface area contributed by atoms with Crippen LogP contribution in [0.2, 0.25) is 0 Å². The van der Waals surface area contributed by atoms with E-state index in [0.717, 1.165) is 30.9 Å². The minimum Gasteiger partial charge on any atom is -0.382 e. The van der Waals surface area contributed by atoms with Gasteiger partial charge in [-0.25, -0.2) is 0 Å². The van der Waals surface area contributed by atoms with Crippen LogP contribution in [0.5, 0.6) is 0 Å². The zero-order valence-corrected chi connectivity index (χ0v) is 16.5. The molecule has 0 bridgehead atoms. The van der Waals surface area contributed by atoms with Crippen molar-refractivity contribution in [3.05, 3.63) is 29.3 Å². The second-order valence-corrected chi connectivity index (χ2v) is 8.54. The number of anilines is 1. The lowest BCUT2D eigenvalue weighted by molar-refractivity contribution is -0.136. The second-order valence-electron chi connectivity index (χ2n) is 8.54. The van der Waals surface area contributed by atoms with Gasteiger partial charge in [-0.15, -0.1) is 0 Å². The van der Waals surface area contributed by atoms with E-state index in [0.29, 0.717) is 12.2 Å². The van der Waals surface area contributed by atoms with Crippen molar-refractivity contribution in [3.8, 4) is 0 Å². The van der Waals surface area contributed by atoms with Crippen molar-refractivity contribution in [2.24, 2.45) is 0 Å². The number of benzene rings is 1. The number of amides is 4. The summed E-state index contributed by atoms with van der Waals surface area (Å²) in [6.07, 6.45) is 3.86. The highest BCUT2D eigenvalue weighted by molar-refractivity contribution is 6.23. The van der Waals surface area contributed by atoms with Crippen LogP contribution in [-0.4, -0.2) is 65.9 Å². The topological polar surface area (TPSA) is 117 Å². The average molecular weight is 412 g/mol. The minimum atomic E-state index is -0.952. The summed E-state index contributed by atoms with van der Waals surface area (Å²) in [6.45, 7) is 2.08. The van der Waals surface area contributed by atoms with Gasteiger partial charge in [0.25, 0.3) is 11.8 Å². The molecule has 30 heavy (non-hydrogen) atoms. The largest absolute Gasteiger partial charge is 0.382 e. The lowest BCUT2D eigenvalue weighted by Gasteiger charge is -2.47. The summed E-state index contributed by atoms with van der Waals surface area (Å²) in [5.74, 6) is -2.00. The number of hydrogen-bond acceptors (Lipinski definition) is 7. The molecule has 0 aromatic heterocycles. The van der Waals surface area contributed by atoms with Gasteiger partial charge in [0.15, 0.2) is 0 Å². The molecule has 5 rings (SSSR count). The maximum absolute atomic E-state index is 12.9. The lowest BCUT2D eigenvalue weighted by atomic mass is 9.76. The first-order valence-corrected chi connectivity index (χ1v) is 10.4. The third-order valence-electron chi connectivity index (χ3n) is 6.58. The van der Waals surface area contributed by atoms with Crippen molar-refractivity contribution < 1.29 is 23.9 Å². The highest BCUT2D eigenvalue weighted by Crippen LogP contribution is 2.34. The number of carbonyl (C=O) groups excluding carboxylic acids is 4. The molecular formula is C21H24N4O5. The van der Waals surface area contributed by atoms with E-state index in [1.54, 1.807) is 18.2 Å². The normalized spacial score (nSPS) is 27.7. The summed E-state index contributed by atoms with van der Waals surface area (Å²) in [5.41, 5.74) is 1.44. The highest BCUT2D eigenvalue weighted by Gasteiger charge is 2.45. The molecule has 1 saturated carbocycles. The Balaban J connectivity index is 1.24. The average Bonchev–Trinajstić information content (AvgIpc) is 2.96. The molecule has 3 N–H and O–H groups in total. The molecule has 3 fully saturated rings. The van der Waals surface area contributed by atoms with Crippen LogP contribution in [0, 0.1) is 0 Å². The van der Waals surface area contributed by atoms with Crippen molar-refractivity contribution in [1.82, 2.24) is 15.5 Å². The zero-order chi connectivity index (χ0) is 20.9. The van der Waals surface area contributed by atoms with Crippen LogP contribution in [-0.2, 0) is 14.3 Å². The quantitative estimate of drug-likeness (QED) is 0.613. The van der Waals surface area contributed by atoms with E-state index in [1.807, 2.05) is 0 Å². The number of nitrogens with one attached hydrogen (secondary N) is 3. The molecule has 3 aliphatic heterocycles. The summed E-state index contributed by atoms with van der Waals surface area (Å²) in [7, 11) is 0. The maximum Gasteiger partial charge on any atom is 0.262 e. The Hall–Kier alpha value is -2.78. The fourth-order valence-electron chi connectivity index (χ4n) is 4.59. The molecule has 2 saturated heterocycles. The van der Waals surface area contributed by atoms with Gasteiger partial charge in [-0.3, -0.25) is 29.4 Å². The molecule has 1 aromatic carbocycles. The van der Waals surface area contributed by atoms with Crippen LogP contribution >= 0.6 is 0 Å². The van der Waals surface area contributed by atoms with Gasteiger partial charge in [0, 0.05) is 30.7 Å². The van der Waals surface area contributed by atoms with E-state index in [1.165, 1.54) is 6.42 Å². The molecule has 2 unspecified atom stereocenters. The van der Waals surface area contributed by atoms with Crippen molar-refractivity contribution in [2.45, 2.75) is 49.8 Å². The monoisotopic (exact) mass is 412 g/mol. The number of rotatable bonds is 4. The Morgan fingerprint density at radius 3 is 2.60 bits per heavy atom. The first-order valence-electron chi connectivity index (χ1n) is 10.4. The number of ether oxygens (including phenoxy) is 1. The number of imide groups is 2. The molecule has 2 atom stereocenters. The van der Waals surface area contributed by atoms with Gasteiger partial charge in [0.2, 0.25) is 11.8 Å². The lowest BCUT2D eigenvalue weighted by Crippen LogP contribution is -2.61. The van der Waals surface area contributed by atoms with Crippen LogP contribution in [0.4, 0.5) is 5.69 Å². The van der Waals surface area contributed by atoms with Gasteiger partial charge in [-0.1, -0.05) is 0 Å². The van der Waals surface area contributed by atoms with Crippen LogP contribution in [0.3, 0.4) is 0 Å². The zero-order valence-electron chi connectivity index (χ0n) is 16.5. The van der Waals surface area contributed by atoms with E-state index in [4.69, 9.17) is 4.74 Å². The minimum absolute atomic E-state index is 0.0294. The molecule has 4 amide bonds. The molecule has 1 aromatic rings. The van der Waals surface area contributed by atoms with Crippen LogP contribution in [0.1, 0.15) is 52.8 Å². The standard InChI is InChI=1S/C21H24N4O5/c26-17-5-4-16(18(27)24-17)25-19(28)14-3-2-12(8-15(14)20(25)29)22-9-13-10-23-21(11-30-13)6-1-7-21/h2-3,8,13,16,22-23H,1,4-7,9-11H2,(H,24,26,27). The fraction of sp³-hybridized carbons (Fsp3) is 0.524. The smallest absolute Gasteiger partial charge is 0.262 e. The third kappa shape index (κ3) is 3.18. The van der Waals surface area contributed by atoms with Gasteiger partial charge in [-0.2, -0.15) is 0 Å². The Bertz CT molecular complexity index is 931. The van der Waals surface area contributed by atoms with Crippen LogP contribution < -0.4 is 16.0 Å². The molecule has 3 heterocycles. The molecule has 4 aliphatic rings. The van der Waals surface area contributed by atoms with Gasteiger partial charge in [-0.05, 0) is 43.9 Å². The van der Waals surface area contributed by atoms with Crippen LogP contribution in [0.15, 0.2) is 18.2 Å². The first-order chi connectivity index (χ1) is 14.5. The molecule has 1 spiro atoms. The number of piperidine rings is 1. The molecule has 158 valence electrons. The van der Waals surface area contributed by atoms with Crippen molar-refractivity contribution >= 4 is 29.3 Å². The summed E-state index contributed by atoms with van der Waals surface area (Å²) in [6, 6.07) is 4.05. The number of fused-ring (bicyclic) bond motifs is 1. The van der Waals surface area contributed by atoms with E-state index in [2.05, 4.69) is 16.0 Å². The van der Waals surface area contributed by atoms with Crippen molar-refractivity contribution in [1.29, 1.82) is 0 Å². The molecule has 9 nitrogen and oxygen atoms in total. The molecule has 1 aliphatic carbocycles. The predicted molar refractivity (Wildman–Crippen MR) is 106 cm³/mol. The molecular weight excluding hydrogens is 388 g/mol. The third-order valence-corrected chi connectivity index (χ3v) is 6.58. The highest BCUT2D eigenvalue weighted by atomic mass is 16.5. The fourth-order valence-corrected chi connectivity index (χ4v) is 4.59. The predicted octanol–water partition coefficient (Wildman–Crippen LogP) is 0.411. The van der Waals surface area contributed by atoms with Crippen LogP contribution in [0.25, 0.3) is 0 Å². The molecule has 9 heteroatoms. The second kappa shape index (κ2) is 7.17. The Labute approximate surface area is 173 Å². The number of morpholine rings is 1. The Morgan fingerprint density at radius 1 is 1.13 bits per heavy atom. The Morgan fingerprint density at radius 2 is 1.93 bits per heavy atom. The van der Waals surface area contributed by atoms with Gasteiger partial charge in [0.1, 0.15) is 6.04 Å². The number of carbonyl (C=O) groups is 4.